The minimum Gasteiger partial charge on any atom is -0.372 e. The van der Waals surface area contributed by atoms with E-state index in [0.717, 1.165) is 11.8 Å². The summed E-state index contributed by atoms with van der Waals surface area (Å²) in [6, 6.07) is 7.34. The van der Waals surface area contributed by atoms with Gasteiger partial charge in [0.1, 0.15) is 0 Å². The van der Waals surface area contributed by atoms with Gasteiger partial charge in [0.2, 0.25) is 5.91 Å². The Bertz CT molecular complexity index is 895. The van der Waals surface area contributed by atoms with Crippen LogP contribution in [0.4, 0.5) is 30.2 Å². The number of anilines is 2. The summed E-state index contributed by atoms with van der Waals surface area (Å²) >= 11 is 0. The summed E-state index contributed by atoms with van der Waals surface area (Å²) in [4.78, 5) is 21.3. The SMILES string of the molecule is [C-]#[N+]c1ccc(N2CCC(C(=O)Nc3ccc(C)nc3)CC2)cc1C(F)(F)F. The topological polar surface area (TPSA) is 49.6 Å². The molecule has 146 valence electrons. The third-order valence-corrected chi connectivity index (χ3v) is 4.82. The van der Waals surface area contributed by atoms with Crippen LogP contribution in [0.2, 0.25) is 0 Å². The number of nitrogens with zero attached hydrogens (tertiary/aromatic N) is 3. The highest BCUT2D eigenvalue weighted by Gasteiger charge is 2.34. The molecule has 0 bridgehead atoms. The summed E-state index contributed by atoms with van der Waals surface area (Å²) in [5.74, 6) is -0.313. The Hall–Kier alpha value is -3.08. The zero-order chi connectivity index (χ0) is 20.3. The lowest BCUT2D eigenvalue weighted by atomic mass is 9.95. The maximum absolute atomic E-state index is 13.2. The third-order valence-electron chi connectivity index (χ3n) is 4.82. The van der Waals surface area contributed by atoms with Crippen LogP contribution in [0.1, 0.15) is 24.1 Å². The molecule has 3 rings (SSSR count). The summed E-state index contributed by atoms with van der Waals surface area (Å²) in [5.41, 5.74) is 0.571. The van der Waals surface area contributed by atoms with E-state index in [4.69, 9.17) is 6.57 Å². The molecule has 1 aliphatic heterocycles. The molecule has 2 heterocycles. The van der Waals surface area contributed by atoms with Crippen molar-refractivity contribution in [3.8, 4) is 0 Å². The van der Waals surface area contributed by atoms with E-state index in [1.165, 1.54) is 12.1 Å². The molecule has 1 N–H and O–H groups in total. The number of amides is 1. The molecule has 5 nitrogen and oxygen atoms in total. The van der Waals surface area contributed by atoms with Crippen LogP contribution in [0.3, 0.4) is 0 Å². The van der Waals surface area contributed by atoms with Gasteiger partial charge in [-0.2, -0.15) is 13.2 Å². The van der Waals surface area contributed by atoms with Crippen LogP contribution < -0.4 is 10.2 Å². The van der Waals surface area contributed by atoms with Crippen molar-refractivity contribution in [2.24, 2.45) is 5.92 Å². The Morgan fingerprint density at radius 1 is 1.25 bits per heavy atom. The number of pyridine rings is 1. The summed E-state index contributed by atoms with van der Waals surface area (Å²) in [6.07, 6.45) is -1.90. The van der Waals surface area contributed by atoms with Crippen molar-refractivity contribution in [1.82, 2.24) is 4.98 Å². The minimum absolute atomic E-state index is 0.107. The molecule has 1 fully saturated rings. The van der Waals surface area contributed by atoms with Crippen molar-refractivity contribution < 1.29 is 18.0 Å². The van der Waals surface area contributed by atoms with Gasteiger partial charge in [-0.25, -0.2) is 4.85 Å². The molecule has 8 heteroatoms. The molecule has 0 spiro atoms. The molecular weight excluding hydrogens is 369 g/mol. The van der Waals surface area contributed by atoms with Gasteiger partial charge in [0.25, 0.3) is 0 Å². The molecule has 0 radical (unpaired) electrons. The third kappa shape index (κ3) is 4.42. The molecule has 1 aromatic carbocycles. The van der Waals surface area contributed by atoms with Gasteiger partial charge < -0.3 is 10.2 Å². The molecule has 1 saturated heterocycles. The van der Waals surface area contributed by atoms with Crippen LogP contribution in [-0.4, -0.2) is 24.0 Å². The predicted molar refractivity (Wildman–Crippen MR) is 100 cm³/mol. The largest absolute Gasteiger partial charge is 0.407 e. The van der Waals surface area contributed by atoms with Crippen molar-refractivity contribution >= 4 is 23.0 Å². The smallest absolute Gasteiger partial charge is 0.372 e. The van der Waals surface area contributed by atoms with E-state index >= 15 is 0 Å². The first kappa shape index (κ1) is 19.7. The highest BCUT2D eigenvalue weighted by atomic mass is 19.4. The summed E-state index contributed by atoms with van der Waals surface area (Å²) in [6.45, 7) is 9.72. The standard InChI is InChI=1S/C20H19F3N4O/c1-13-3-4-15(12-25-13)26-19(28)14-7-9-27(10-8-14)16-5-6-18(24-2)17(11-16)20(21,22)23/h3-6,11-12,14H,7-10H2,1H3,(H,26,28). The van der Waals surface area contributed by atoms with E-state index in [-0.39, 0.29) is 11.8 Å². The molecular formula is C20H19F3N4O. The van der Waals surface area contributed by atoms with Crippen LogP contribution in [0.5, 0.6) is 0 Å². The zero-order valence-corrected chi connectivity index (χ0v) is 15.3. The fourth-order valence-electron chi connectivity index (χ4n) is 3.23. The molecule has 1 aromatic heterocycles. The molecule has 1 aliphatic rings. The van der Waals surface area contributed by atoms with Gasteiger partial charge in [0.15, 0.2) is 5.69 Å². The molecule has 0 aliphatic carbocycles. The zero-order valence-electron chi connectivity index (χ0n) is 15.3. The minimum atomic E-state index is -4.57. The monoisotopic (exact) mass is 388 g/mol. The number of benzene rings is 1. The number of alkyl halides is 3. The maximum atomic E-state index is 13.2. The number of hydrogen-bond acceptors (Lipinski definition) is 3. The van der Waals surface area contributed by atoms with Crippen LogP contribution >= 0.6 is 0 Å². The van der Waals surface area contributed by atoms with Crippen molar-refractivity contribution in [3.05, 3.63) is 59.2 Å². The highest BCUT2D eigenvalue weighted by molar-refractivity contribution is 5.92. The summed E-state index contributed by atoms with van der Waals surface area (Å²) in [5, 5.41) is 2.84. The Morgan fingerprint density at radius 3 is 2.54 bits per heavy atom. The quantitative estimate of drug-likeness (QED) is 0.768. The normalized spacial score (nSPS) is 15.2. The lowest BCUT2D eigenvalue weighted by molar-refractivity contribution is -0.136. The van der Waals surface area contributed by atoms with E-state index in [2.05, 4.69) is 15.1 Å². The molecule has 28 heavy (non-hydrogen) atoms. The number of rotatable bonds is 3. The number of piperidine rings is 1. The van der Waals surface area contributed by atoms with Gasteiger partial charge in [-0.15, -0.1) is 0 Å². The van der Waals surface area contributed by atoms with E-state index in [1.807, 2.05) is 17.9 Å². The van der Waals surface area contributed by atoms with Gasteiger partial charge in [-0.3, -0.25) is 9.78 Å². The van der Waals surface area contributed by atoms with Gasteiger partial charge >= 0.3 is 6.18 Å². The summed E-state index contributed by atoms with van der Waals surface area (Å²) < 4.78 is 39.5. The summed E-state index contributed by atoms with van der Waals surface area (Å²) in [7, 11) is 0. The van der Waals surface area contributed by atoms with Gasteiger partial charge in [0, 0.05) is 30.4 Å². The second-order valence-electron chi connectivity index (χ2n) is 6.75. The maximum Gasteiger partial charge on any atom is 0.407 e. The average Bonchev–Trinajstić information content (AvgIpc) is 2.68. The molecule has 0 saturated carbocycles. The Kier molecular flexibility index (Phi) is 5.54. The lowest BCUT2D eigenvalue weighted by Crippen LogP contribution is -2.38. The van der Waals surface area contributed by atoms with Gasteiger partial charge in [0.05, 0.1) is 24.0 Å². The lowest BCUT2D eigenvalue weighted by Gasteiger charge is -2.33. The number of halogens is 3. The predicted octanol–water partition coefficient (Wildman–Crippen LogP) is 4.81. The van der Waals surface area contributed by atoms with E-state index in [1.54, 1.807) is 12.3 Å². The highest BCUT2D eigenvalue weighted by Crippen LogP contribution is 2.39. The number of hydrogen-bond donors (Lipinski definition) is 1. The first-order chi connectivity index (χ1) is 13.3. The Balaban J connectivity index is 1.64. The van der Waals surface area contributed by atoms with Crippen LogP contribution in [0.25, 0.3) is 4.85 Å². The fourth-order valence-corrected chi connectivity index (χ4v) is 3.23. The number of carbonyl (C=O) groups excluding carboxylic acids is 1. The molecule has 2 aromatic rings. The van der Waals surface area contributed by atoms with E-state index in [9.17, 15) is 18.0 Å². The van der Waals surface area contributed by atoms with Crippen LogP contribution in [0, 0.1) is 19.4 Å². The molecule has 0 unspecified atom stereocenters. The van der Waals surface area contributed by atoms with Gasteiger partial charge in [-0.1, -0.05) is 6.07 Å². The first-order valence-corrected chi connectivity index (χ1v) is 8.85. The second-order valence-corrected chi connectivity index (χ2v) is 6.75. The first-order valence-electron chi connectivity index (χ1n) is 8.85. The van der Waals surface area contributed by atoms with E-state index < -0.39 is 17.4 Å². The Morgan fingerprint density at radius 2 is 1.96 bits per heavy atom. The number of aryl methyl sites for hydroxylation is 1. The van der Waals surface area contributed by atoms with Crippen molar-refractivity contribution in [1.29, 1.82) is 0 Å². The van der Waals surface area contributed by atoms with Crippen molar-refractivity contribution in [2.75, 3.05) is 23.3 Å². The van der Waals surface area contributed by atoms with Crippen LogP contribution in [0.15, 0.2) is 36.5 Å². The molecule has 0 atom stereocenters. The van der Waals surface area contributed by atoms with Crippen LogP contribution in [-0.2, 0) is 11.0 Å². The molecule has 1 amide bonds. The van der Waals surface area contributed by atoms with Gasteiger partial charge in [-0.05, 0) is 44.0 Å². The van der Waals surface area contributed by atoms with Crippen molar-refractivity contribution in [2.45, 2.75) is 25.9 Å². The number of nitrogens with one attached hydrogen (secondary N) is 1. The second kappa shape index (κ2) is 7.89. The fraction of sp³-hybridized carbons (Fsp3) is 0.350. The van der Waals surface area contributed by atoms with Crippen molar-refractivity contribution in [3.63, 3.8) is 0 Å². The average molecular weight is 388 g/mol. The number of aromatic nitrogens is 1. The van der Waals surface area contributed by atoms with E-state index in [0.29, 0.717) is 37.3 Å². The Labute approximate surface area is 161 Å². The number of carbonyl (C=O) groups is 1.